The molecule has 34 heavy (non-hydrogen) atoms. The van der Waals surface area contributed by atoms with Crippen molar-refractivity contribution in [3.63, 3.8) is 0 Å². The van der Waals surface area contributed by atoms with Crippen LogP contribution < -0.4 is 20.3 Å². The molecular formula is C25H24ClN3O4S. The number of thiophene rings is 1. The van der Waals surface area contributed by atoms with E-state index in [1.807, 2.05) is 30.3 Å². The Labute approximate surface area is 205 Å². The van der Waals surface area contributed by atoms with Crippen LogP contribution in [0.1, 0.15) is 19.8 Å². The molecule has 4 aromatic rings. The minimum atomic E-state index is -0.195. The summed E-state index contributed by atoms with van der Waals surface area (Å²) >= 11 is 7.37. The van der Waals surface area contributed by atoms with Gasteiger partial charge in [0, 0.05) is 22.5 Å². The Morgan fingerprint density at radius 2 is 1.94 bits per heavy atom. The Morgan fingerprint density at radius 1 is 1.15 bits per heavy atom. The lowest BCUT2D eigenvalue weighted by molar-refractivity contribution is -0.123. The van der Waals surface area contributed by atoms with E-state index in [2.05, 4.69) is 17.2 Å². The summed E-state index contributed by atoms with van der Waals surface area (Å²) in [6, 6.07) is 14.5. The van der Waals surface area contributed by atoms with Crippen LogP contribution in [0.5, 0.6) is 11.5 Å². The first kappa shape index (κ1) is 23.8. The number of ether oxygens (including phenoxy) is 2. The van der Waals surface area contributed by atoms with Crippen LogP contribution in [0.3, 0.4) is 0 Å². The fourth-order valence-electron chi connectivity index (χ4n) is 3.38. The number of amides is 1. The van der Waals surface area contributed by atoms with Crippen molar-refractivity contribution < 1.29 is 14.3 Å². The van der Waals surface area contributed by atoms with Crippen molar-refractivity contribution in [1.82, 2.24) is 14.9 Å². The molecule has 1 N–H and O–H groups in total. The maximum absolute atomic E-state index is 13.2. The minimum absolute atomic E-state index is 0.116. The average molecular weight is 498 g/mol. The third kappa shape index (κ3) is 5.24. The number of nitrogens with zero attached hydrogens (tertiary/aromatic N) is 2. The fourth-order valence-corrected chi connectivity index (χ4v) is 4.55. The lowest BCUT2D eigenvalue weighted by Gasteiger charge is -2.13. The lowest BCUT2D eigenvalue weighted by atomic mass is 10.2. The number of fused-ring (bicyclic) bond motifs is 1. The normalized spacial score (nSPS) is 10.9. The Balaban J connectivity index is 1.58. The van der Waals surface area contributed by atoms with Gasteiger partial charge in [0.1, 0.15) is 11.0 Å². The second-order valence-corrected chi connectivity index (χ2v) is 9.07. The Kier molecular flexibility index (Phi) is 7.49. The van der Waals surface area contributed by atoms with E-state index < -0.39 is 0 Å². The highest BCUT2D eigenvalue weighted by Crippen LogP contribution is 2.32. The molecule has 0 unspecified atom stereocenters. The molecule has 0 fully saturated rings. The van der Waals surface area contributed by atoms with Crippen LogP contribution in [0.15, 0.2) is 59.7 Å². The molecule has 1 amide bonds. The molecule has 9 heteroatoms. The highest BCUT2D eigenvalue weighted by atomic mass is 35.5. The number of unbranched alkanes of at least 4 members (excludes halogenated alkanes) is 1. The van der Waals surface area contributed by atoms with Gasteiger partial charge in [-0.3, -0.25) is 14.2 Å². The number of rotatable bonds is 9. The molecule has 0 bridgehead atoms. The number of methoxy groups -OCH3 is 1. The molecule has 7 nitrogen and oxygen atoms in total. The van der Waals surface area contributed by atoms with E-state index in [9.17, 15) is 9.59 Å². The molecule has 0 aliphatic rings. The molecule has 2 aromatic heterocycles. The second-order valence-electron chi connectivity index (χ2n) is 7.58. The minimum Gasteiger partial charge on any atom is -0.493 e. The summed E-state index contributed by atoms with van der Waals surface area (Å²) < 4.78 is 13.1. The molecule has 0 saturated carbocycles. The summed E-state index contributed by atoms with van der Waals surface area (Å²) in [6.07, 6.45) is 3.42. The lowest BCUT2D eigenvalue weighted by Crippen LogP contribution is -2.29. The number of hydrogen-bond acceptors (Lipinski definition) is 6. The van der Waals surface area contributed by atoms with Gasteiger partial charge in [-0.25, -0.2) is 4.98 Å². The van der Waals surface area contributed by atoms with Gasteiger partial charge in [0.25, 0.3) is 11.5 Å². The Morgan fingerprint density at radius 3 is 2.68 bits per heavy atom. The number of nitrogens with one attached hydrogen (secondary N) is 1. The third-order valence-corrected chi connectivity index (χ3v) is 6.62. The quantitative estimate of drug-likeness (QED) is 0.326. The van der Waals surface area contributed by atoms with Gasteiger partial charge in [0.2, 0.25) is 0 Å². The monoisotopic (exact) mass is 497 g/mol. The van der Waals surface area contributed by atoms with Crippen molar-refractivity contribution in [3.05, 3.63) is 70.2 Å². The standard InChI is InChI=1S/C25H24ClN3O4S/c1-3-4-11-27-23(30)14-33-20-10-9-18(12-21(20)32-2)29-15-28-19-13-22(34-24(19)25(29)31)16-5-7-17(26)8-6-16/h5-10,12-13,15H,3-4,11,14H2,1-2H3,(H,27,30). The number of carbonyl (C=O) groups is 1. The predicted molar refractivity (Wildman–Crippen MR) is 136 cm³/mol. The zero-order valence-electron chi connectivity index (χ0n) is 18.8. The number of benzene rings is 2. The Bertz CT molecular complexity index is 1370. The summed E-state index contributed by atoms with van der Waals surface area (Å²) in [7, 11) is 1.51. The van der Waals surface area contributed by atoms with Gasteiger partial charge in [-0.15, -0.1) is 11.3 Å². The first-order valence-electron chi connectivity index (χ1n) is 10.8. The smallest absolute Gasteiger partial charge is 0.275 e. The van der Waals surface area contributed by atoms with E-state index in [0.717, 1.165) is 23.3 Å². The summed E-state index contributed by atoms with van der Waals surface area (Å²) in [5.74, 6) is 0.638. The Hall–Kier alpha value is -3.36. The van der Waals surface area contributed by atoms with E-state index in [4.69, 9.17) is 21.1 Å². The number of carbonyl (C=O) groups excluding carboxylic acids is 1. The van der Waals surface area contributed by atoms with Crippen LogP contribution in [-0.2, 0) is 4.79 Å². The molecule has 2 aromatic carbocycles. The van der Waals surface area contributed by atoms with Crippen LogP contribution in [0, 0.1) is 0 Å². The molecule has 2 heterocycles. The van der Waals surface area contributed by atoms with Crippen molar-refractivity contribution in [2.75, 3.05) is 20.3 Å². The zero-order chi connectivity index (χ0) is 24.1. The molecule has 0 aliphatic carbocycles. The molecule has 0 aliphatic heterocycles. The second kappa shape index (κ2) is 10.7. The van der Waals surface area contributed by atoms with E-state index >= 15 is 0 Å². The van der Waals surface area contributed by atoms with Gasteiger partial charge in [-0.1, -0.05) is 37.1 Å². The van der Waals surface area contributed by atoms with Gasteiger partial charge < -0.3 is 14.8 Å². The van der Waals surface area contributed by atoms with Crippen LogP contribution in [0.4, 0.5) is 0 Å². The first-order chi connectivity index (χ1) is 16.5. The van der Waals surface area contributed by atoms with E-state index in [1.165, 1.54) is 29.3 Å². The first-order valence-corrected chi connectivity index (χ1v) is 12.0. The average Bonchev–Trinajstić information content (AvgIpc) is 3.29. The van der Waals surface area contributed by atoms with Gasteiger partial charge in [0.15, 0.2) is 18.1 Å². The third-order valence-electron chi connectivity index (χ3n) is 5.20. The molecule has 0 radical (unpaired) electrons. The van der Waals surface area contributed by atoms with Crippen molar-refractivity contribution in [3.8, 4) is 27.6 Å². The van der Waals surface area contributed by atoms with Gasteiger partial charge in [-0.2, -0.15) is 0 Å². The number of aromatic nitrogens is 2. The van der Waals surface area contributed by atoms with Crippen LogP contribution in [-0.4, -0.2) is 35.7 Å². The summed E-state index contributed by atoms with van der Waals surface area (Å²) in [5, 5.41) is 3.46. The van der Waals surface area contributed by atoms with Gasteiger partial charge in [-0.05, 0) is 42.3 Å². The SMILES string of the molecule is CCCCNC(=O)COc1ccc(-n2cnc3cc(-c4ccc(Cl)cc4)sc3c2=O)cc1OC. The van der Waals surface area contributed by atoms with E-state index in [-0.39, 0.29) is 18.1 Å². The topological polar surface area (TPSA) is 82.5 Å². The van der Waals surface area contributed by atoms with Crippen LogP contribution in [0.2, 0.25) is 5.02 Å². The molecule has 0 saturated heterocycles. The molecule has 4 rings (SSSR count). The maximum atomic E-state index is 13.2. The number of halogens is 1. The largest absolute Gasteiger partial charge is 0.493 e. The highest BCUT2D eigenvalue weighted by molar-refractivity contribution is 7.22. The van der Waals surface area contributed by atoms with Crippen LogP contribution in [0.25, 0.3) is 26.3 Å². The fraction of sp³-hybridized carbons (Fsp3) is 0.240. The van der Waals surface area contributed by atoms with Gasteiger partial charge >= 0.3 is 0 Å². The van der Waals surface area contributed by atoms with Crippen molar-refractivity contribution in [2.45, 2.75) is 19.8 Å². The predicted octanol–water partition coefficient (Wildman–Crippen LogP) is 5.07. The van der Waals surface area contributed by atoms with E-state index in [0.29, 0.717) is 39.0 Å². The van der Waals surface area contributed by atoms with E-state index in [1.54, 1.807) is 18.2 Å². The highest BCUT2D eigenvalue weighted by Gasteiger charge is 2.14. The summed E-state index contributed by atoms with van der Waals surface area (Å²) in [4.78, 5) is 30.6. The number of hydrogen-bond donors (Lipinski definition) is 1. The summed E-state index contributed by atoms with van der Waals surface area (Å²) in [6.45, 7) is 2.57. The van der Waals surface area contributed by atoms with Crippen molar-refractivity contribution >= 4 is 39.1 Å². The molecule has 176 valence electrons. The maximum Gasteiger partial charge on any atom is 0.275 e. The molecule has 0 spiro atoms. The zero-order valence-corrected chi connectivity index (χ0v) is 20.4. The molecule has 0 atom stereocenters. The van der Waals surface area contributed by atoms with Gasteiger partial charge in [0.05, 0.1) is 18.3 Å². The van der Waals surface area contributed by atoms with Crippen molar-refractivity contribution in [2.24, 2.45) is 0 Å². The summed E-state index contributed by atoms with van der Waals surface area (Å²) in [5.41, 5.74) is 2.01. The van der Waals surface area contributed by atoms with Crippen molar-refractivity contribution in [1.29, 1.82) is 0 Å². The van der Waals surface area contributed by atoms with Crippen LogP contribution >= 0.6 is 22.9 Å². The molecular weight excluding hydrogens is 474 g/mol.